The molecule has 1 saturated carbocycles. The second kappa shape index (κ2) is 13.5. The molecule has 3 aromatic carbocycles. The molecule has 5 rings (SSSR count). The number of carbonyl (C=O) groups excluding carboxylic acids is 3. The van der Waals surface area contributed by atoms with Crippen molar-refractivity contribution in [3.05, 3.63) is 83.4 Å². The van der Waals surface area contributed by atoms with E-state index in [-0.39, 0.29) is 48.3 Å². The summed E-state index contributed by atoms with van der Waals surface area (Å²) in [6, 6.07) is 19.4. The lowest BCUT2D eigenvalue weighted by molar-refractivity contribution is -0.117. The smallest absolute Gasteiger partial charge is 0.258 e. The van der Waals surface area contributed by atoms with Gasteiger partial charge in [-0.3, -0.25) is 19.3 Å². The number of hydrogen-bond donors (Lipinski definition) is 4. The summed E-state index contributed by atoms with van der Waals surface area (Å²) in [7, 11) is 2.00. The van der Waals surface area contributed by atoms with E-state index in [1.165, 1.54) is 0 Å². The topological polar surface area (TPSA) is 137 Å². The number of para-hydroxylation sites is 2. The van der Waals surface area contributed by atoms with Crippen molar-refractivity contribution in [3.63, 3.8) is 0 Å². The number of rotatable bonds is 10. The number of nitrogens with zero attached hydrogens (tertiary/aromatic N) is 2. The highest BCUT2D eigenvalue weighted by atomic mass is 16.5. The number of aliphatic hydroxyl groups excluding tert-OH is 1. The number of nitrogen functional groups attached to an aromatic ring is 1. The molecule has 0 unspecified atom stereocenters. The Balaban J connectivity index is 1.28. The van der Waals surface area contributed by atoms with Gasteiger partial charge in [-0.1, -0.05) is 31.2 Å². The van der Waals surface area contributed by atoms with Crippen LogP contribution in [0.3, 0.4) is 0 Å². The number of fused-ring (bicyclic) bond motifs is 1. The van der Waals surface area contributed by atoms with Crippen LogP contribution in [0.1, 0.15) is 53.0 Å². The van der Waals surface area contributed by atoms with E-state index in [1.807, 2.05) is 45.2 Å². The van der Waals surface area contributed by atoms with Gasteiger partial charge in [-0.15, -0.1) is 0 Å². The molecule has 5 N–H and O–H groups in total. The van der Waals surface area contributed by atoms with Gasteiger partial charge in [0, 0.05) is 42.7 Å². The third kappa shape index (κ3) is 7.38. The van der Waals surface area contributed by atoms with E-state index in [4.69, 9.17) is 10.5 Å². The maximum Gasteiger partial charge on any atom is 0.258 e. The van der Waals surface area contributed by atoms with Crippen molar-refractivity contribution in [2.75, 3.05) is 43.1 Å². The van der Waals surface area contributed by atoms with Crippen LogP contribution in [0.4, 0.5) is 17.1 Å². The fraction of sp³-hybridized carbons (Fsp3) is 0.382. The van der Waals surface area contributed by atoms with Crippen LogP contribution in [0, 0.1) is 11.8 Å². The van der Waals surface area contributed by atoms with Gasteiger partial charge in [0.25, 0.3) is 11.8 Å². The van der Waals surface area contributed by atoms with Crippen molar-refractivity contribution in [1.82, 2.24) is 9.80 Å². The van der Waals surface area contributed by atoms with Crippen LogP contribution in [-0.4, -0.2) is 71.5 Å². The van der Waals surface area contributed by atoms with E-state index in [0.717, 1.165) is 18.4 Å². The Morgan fingerprint density at radius 2 is 1.82 bits per heavy atom. The minimum Gasteiger partial charge on any atom is -0.488 e. The molecule has 3 amide bonds. The zero-order valence-electron chi connectivity index (χ0n) is 25.5. The van der Waals surface area contributed by atoms with Crippen molar-refractivity contribution in [2.45, 2.75) is 45.4 Å². The average Bonchev–Trinajstić information content (AvgIpc) is 3.86. The van der Waals surface area contributed by atoms with Crippen molar-refractivity contribution < 1.29 is 24.2 Å². The van der Waals surface area contributed by atoms with E-state index in [2.05, 4.69) is 15.5 Å². The van der Waals surface area contributed by atoms with Gasteiger partial charge in [-0.05, 0) is 74.8 Å². The Bertz CT molecular complexity index is 1510. The first kappa shape index (κ1) is 31.0. The van der Waals surface area contributed by atoms with Gasteiger partial charge in [-0.25, -0.2) is 0 Å². The van der Waals surface area contributed by atoms with E-state index in [0.29, 0.717) is 53.6 Å². The molecule has 3 atom stereocenters. The summed E-state index contributed by atoms with van der Waals surface area (Å²) < 4.78 is 6.50. The summed E-state index contributed by atoms with van der Waals surface area (Å²) in [5, 5.41) is 15.7. The van der Waals surface area contributed by atoms with E-state index < -0.39 is 0 Å². The predicted molar refractivity (Wildman–Crippen MR) is 171 cm³/mol. The molecule has 2 aliphatic rings. The van der Waals surface area contributed by atoms with Crippen molar-refractivity contribution in [3.8, 4) is 5.75 Å². The van der Waals surface area contributed by atoms with Crippen LogP contribution >= 0.6 is 0 Å². The molecule has 232 valence electrons. The molecule has 1 fully saturated rings. The van der Waals surface area contributed by atoms with Crippen LogP contribution in [-0.2, 0) is 11.3 Å². The summed E-state index contributed by atoms with van der Waals surface area (Å²) in [6.45, 7) is 5.31. The molecule has 0 spiro atoms. The molecule has 1 aliphatic heterocycles. The highest BCUT2D eigenvalue weighted by molar-refractivity contribution is 6.05. The number of likely N-dealkylation sites (N-methyl/N-ethyl adjacent to an activating group) is 1. The lowest BCUT2D eigenvalue weighted by Crippen LogP contribution is -2.49. The zero-order chi connectivity index (χ0) is 31.4. The predicted octanol–water partition coefficient (Wildman–Crippen LogP) is 4.22. The highest BCUT2D eigenvalue weighted by Crippen LogP contribution is 2.33. The third-order valence-electron chi connectivity index (χ3n) is 8.25. The fourth-order valence-corrected chi connectivity index (χ4v) is 5.36. The summed E-state index contributed by atoms with van der Waals surface area (Å²) in [6.07, 6.45) is 1.52. The molecule has 0 saturated heterocycles. The van der Waals surface area contributed by atoms with E-state index >= 15 is 0 Å². The van der Waals surface area contributed by atoms with Crippen molar-refractivity contribution in [1.29, 1.82) is 0 Å². The maximum absolute atomic E-state index is 13.7. The highest BCUT2D eigenvalue weighted by Gasteiger charge is 2.34. The van der Waals surface area contributed by atoms with E-state index in [1.54, 1.807) is 47.4 Å². The number of nitrogens with two attached hydrogens (primary N) is 1. The maximum atomic E-state index is 13.7. The minimum absolute atomic E-state index is 0.0331. The van der Waals surface area contributed by atoms with Crippen LogP contribution in [0.5, 0.6) is 5.75 Å². The molecular formula is C34H41N5O5. The number of hydrogen-bond acceptors (Lipinski definition) is 7. The first-order chi connectivity index (χ1) is 21.1. The summed E-state index contributed by atoms with van der Waals surface area (Å²) >= 11 is 0. The Hall–Kier alpha value is -4.41. The van der Waals surface area contributed by atoms with Crippen molar-refractivity contribution >= 4 is 34.8 Å². The molecule has 1 aliphatic carbocycles. The second-order valence-corrected chi connectivity index (χ2v) is 12.0. The number of carbonyl (C=O) groups is 3. The number of anilines is 3. The number of ether oxygens (including phenoxy) is 1. The second-order valence-electron chi connectivity index (χ2n) is 12.0. The first-order valence-electron chi connectivity index (χ1n) is 15.1. The molecule has 0 aromatic heterocycles. The largest absolute Gasteiger partial charge is 0.488 e. The van der Waals surface area contributed by atoms with Crippen LogP contribution in [0.2, 0.25) is 0 Å². The normalized spacial score (nSPS) is 18.9. The quantitative estimate of drug-likeness (QED) is 0.256. The molecule has 0 bridgehead atoms. The Morgan fingerprint density at radius 3 is 2.50 bits per heavy atom. The van der Waals surface area contributed by atoms with Crippen LogP contribution in [0.25, 0.3) is 0 Å². The molecular weight excluding hydrogens is 558 g/mol. The van der Waals surface area contributed by atoms with Gasteiger partial charge in [-0.2, -0.15) is 0 Å². The first-order valence-corrected chi connectivity index (χ1v) is 15.1. The van der Waals surface area contributed by atoms with Crippen LogP contribution < -0.4 is 21.1 Å². The molecule has 3 aromatic rings. The summed E-state index contributed by atoms with van der Waals surface area (Å²) in [5.74, 6) is -0.0419. The molecule has 10 nitrogen and oxygen atoms in total. The fourth-order valence-electron chi connectivity index (χ4n) is 5.36. The Morgan fingerprint density at radius 1 is 1.09 bits per heavy atom. The van der Waals surface area contributed by atoms with Gasteiger partial charge < -0.3 is 31.1 Å². The lowest BCUT2D eigenvalue weighted by atomic mass is 9.99. The summed E-state index contributed by atoms with van der Waals surface area (Å²) in [4.78, 5) is 42.6. The Kier molecular flexibility index (Phi) is 9.51. The van der Waals surface area contributed by atoms with E-state index in [9.17, 15) is 19.5 Å². The van der Waals surface area contributed by atoms with Gasteiger partial charge >= 0.3 is 0 Å². The summed E-state index contributed by atoms with van der Waals surface area (Å²) in [5.41, 5.74) is 9.52. The molecule has 1 heterocycles. The number of benzene rings is 3. The SMILES string of the molecule is C[C@@H]1CN([C@H](C)CO)C(=O)c2cc(NC(=O)C3CC3)ccc2O[C@@H]1CN(C)Cc1ccc(C(=O)Nc2ccccc2N)cc1. The molecule has 0 radical (unpaired) electrons. The lowest BCUT2D eigenvalue weighted by Gasteiger charge is -2.38. The third-order valence-corrected chi connectivity index (χ3v) is 8.25. The van der Waals surface area contributed by atoms with Crippen molar-refractivity contribution in [2.24, 2.45) is 11.8 Å². The standard InChI is InChI=1S/C34H41N5O5/c1-21-17-39(22(2)20-40)34(43)27-16-26(36-32(41)25-12-13-25)14-15-30(27)44-31(21)19-38(3)18-23-8-10-24(11-9-23)33(42)37-29-7-5-4-6-28(29)35/h4-11,14-16,21-22,25,31,40H,12-13,17-20,35H2,1-3H3,(H,36,41)(H,37,42)/t21-,22-,31-/m1/s1. The average molecular weight is 600 g/mol. The Labute approximate surface area is 258 Å². The number of aliphatic hydroxyl groups is 1. The van der Waals surface area contributed by atoms with Gasteiger partial charge in [0.2, 0.25) is 5.91 Å². The molecule has 44 heavy (non-hydrogen) atoms. The van der Waals surface area contributed by atoms with Gasteiger partial charge in [0.15, 0.2) is 0 Å². The zero-order valence-corrected chi connectivity index (χ0v) is 25.5. The van der Waals surface area contributed by atoms with Crippen LogP contribution in [0.15, 0.2) is 66.7 Å². The molecule has 10 heteroatoms. The number of nitrogens with one attached hydrogen (secondary N) is 2. The minimum atomic E-state index is -0.381. The van der Waals surface area contributed by atoms with Gasteiger partial charge in [0.1, 0.15) is 11.9 Å². The van der Waals surface area contributed by atoms with Gasteiger partial charge in [0.05, 0.1) is 29.6 Å². The monoisotopic (exact) mass is 599 g/mol. The number of amides is 3.